The highest BCUT2D eigenvalue weighted by Crippen LogP contribution is 2.24. The minimum Gasteiger partial charge on any atom is -0.452 e. The molecule has 1 amide bonds. The van der Waals surface area contributed by atoms with Gasteiger partial charge in [0.2, 0.25) is 0 Å². The molecule has 0 saturated heterocycles. The van der Waals surface area contributed by atoms with Gasteiger partial charge < -0.3 is 4.74 Å². The van der Waals surface area contributed by atoms with Crippen LogP contribution in [0.4, 0.5) is 13.9 Å². The molecule has 3 rings (SSSR count). The Balaban J connectivity index is 1.49. The summed E-state index contributed by atoms with van der Waals surface area (Å²) < 4.78 is 30.9. The minimum atomic E-state index is -0.731. The van der Waals surface area contributed by atoms with Gasteiger partial charge >= 0.3 is 5.97 Å². The van der Waals surface area contributed by atoms with Crippen LogP contribution >= 0.6 is 11.3 Å². The van der Waals surface area contributed by atoms with Crippen molar-refractivity contribution >= 4 is 34.4 Å². The number of benzene rings is 2. The van der Waals surface area contributed by atoms with E-state index >= 15 is 0 Å². The summed E-state index contributed by atoms with van der Waals surface area (Å²) in [6.45, 7) is -0.488. The normalized spacial score (nSPS) is 10.8. The highest BCUT2D eigenvalue weighted by molar-refractivity contribution is 7.14. The van der Waals surface area contributed by atoms with Gasteiger partial charge in [-0.1, -0.05) is 12.1 Å². The monoisotopic (exact) mass is 400 g/mol. The summed E-state index contributed by atoms with van der Waals surface area (Å²) >= 11 is 1.19. The van der Waals surface area contributed by atoms with Gasteiger partial charge in [-0.25, -0.2) is 18.6 Å². The topological polar surface area (TPSA) is 68.3 Å². The number of rotatable bonds is 6. The van der Waals surface area contributed by atoms with E-state index in [2.05, 4.69) is 10.3 Å². The lowest BCUT2D eigenvalue weighted by Gasteiger charge is -2.02. The fourth-order valence-electron chi connectivity index (χ4n) is 2.20. The number of anilines is 1. The van der Waals surface area contributed by atoms with Crippen molar-refractivity contribution in [3.8, 4) is 11.3 Å². The number of amides is 1. The predicted octanol–water partition coefficient (Wildman–Crippen LogP) is 4.28. The molecule has 1 N–H and O–H groups in total. The third-order valence-electron chi connectivity index (χ3n) is 3.50. The quantitative estimate of drug-likeness (QED) is 0.495. The number of halogens is 2. The molecular formula is C20H14F2N2O3S. The number of carbonyl (C=O) groups excluding carboxylic acids is 2. The molecule has 2 aromatic carbocycles. The molecule has 8 heteroatoms. The predicted molar refractivity (Wildman–Crippen MR) is 103 cm³/mol. The van der Waals surface area contributed by atoms with Gasteiger partial charge in [0.25, 0.3) is 5.91 Å². The average Bonchev–Trinajstić information content (AvgIpc) is 3.14. The number of aromatic nitrogens is 1. The van der Waals surface area contributed by atoms with Gasteiger partial charge in [0.1, 0.15) is 11.6 Å². The van der Waals surface area contributed by atoms with Crippen LogP contribution in [-0.2, 0) is 14.3 Å². The lowest BCUT2D eigenvalue weighted by molar-refractivity contribution is -0.142. The maximum Gasteiger partial charge on any atom is 0.331 e. The first-order valence-electron chi connectivity index (χ1n) is 8.11. The van der Waals surface area contributed by atoms with Crippen LogP contribution in [0.25, 0.3) is 17.3 Å². The molecule has 0 aliphatic rings. The molecule has 0 aliphatic carbocycles. The van der Waals surface area contributed by atoms with E-state index in [0.29, 0.717) is 22.0 Å². The molecule has 0 fully saturated rings. The van der Waals surface area contributed by atoms with Crippen molar-refractivity contribution in [3.63, 3.8) is 0 Å². The van der Waals surface area contributed by atoms with Crippen LogP contribution in [0.3, 0.4) is 0 Å². The number of ether oxygens (including phenoxy) is 1. The van der Waals surface area contributed by atoms with E-state index < -0.39 is 24.3 Å². The first-order chi connectivity index (χ1) is 13.5. The standard InChI is InChI=1S/C20H14F2N2O3S/c21-15-7-5-14(6-8-15)17-12-28-20(23-17)24-18(25)11-27-19(26)9-4-13-2-1-3-16(22)10-13/h1-10,12H,11H2,(H,23,24,25)/b9-4+. The van der Waals surface area contributed by atoms with Crippen molar-refractivity contribution in [1.29, 1.82) is 0 Å². The van der Waals surface area contributed by atoms with Gasteiger partial charge in [-0.2, -0.15) is 0 Å². The zero-order valence-corrected chi connectivity index (χ0v) is 15.2. The molecule has 0 unspecified atom stereocenters. The number of nitrogens with one attached hydrogen (secondary N) is 1. The van der Waals surface area contributed by atoms with Gasteiger partial charge in [-0.05, 0) is 48.0 Å². The molecular weight excluding hydrogens is 386 g/mol. The van der Waals surface area contributed by atoms with Gasteiger partial charge in [0.05, 0.1) is 5.69 Å². The fourth-order valence-corrected chi connectivity index (χ4v) is 2.93. The minimum absolute atomic E-state index is 0.329. The smallest absolute Gasteiger partial charge is 0.331 e. The molecule has 0 bridgehead atoms. The average molecular weight is 400 g/mol. The largest absolute Gasteiger partial charge is 0.452 e. The van der Waals surface area contributed by atoms with Crippen LogP contribution in [0.5, 0.6) is 0 Å². The molecule has 142 valence electrons. The van der Waals surface area contributed by atoms with Crippen molar-refractivity contribution in [1.82, 2.24) is 4.98 Å². The van der Waals surface area contributed by atoms with E-state index in [4.69, 9.17) is 4.74 Å². The number of carbonyl (C=O) groups is 2. The second-order valence-electron chi connectivity index (χ2n) is 5.59. The third kappa shape index (κ3) is 5.55. The van der Waals surface area contributed by atoms with Gasteiger partial charge in [-0.15, -0.1) is 11.3 Å². The maximum absolute atomic E-state index is 13.1. The maximum atomic E-state index is 13.1. The molecule has 5 nitrogen and oxygen atoms in total. The first kappa shape index (κ1) is 19.4. The number of esters is 1. The molecule has 3 aromatic rings. The van der Waals surface area contributed by atoms with Gasteiger partial charge in [-0.3, -0.25) is 10.1 Å². The summed E-state index contributed by atoms with van der Waals surface area (Å²) in [6.07, 6.45) is 2.50. The van der Waals surface area contributed by atoms with Crippen molar-refractivity contribution in [2.45, 2.75) is 0 Å². The molecule has 28 heavy (non-hydrogen) atoms. The lowest BCUT2D eigenvalue weighted by Crippen LogP contribution is -2.20. The molecule has 0 radical (unpaired) electrons. The van der Waals surface area contributed by atoms with Crippen molar-refractivity contribution in [2.24, 2.45) is 0 Å². The molecule has 0 aliphatic heterocycles. The van der Waals surface area contributed by atoms with Crippen LogP contribution in [-0.4, -0.2) is 23.5 Å². The van der Waals surface area contributed by atoms with Crippen LogP contribution < -0.4 is 5.32 Å². The number of thiazole rings is 1. The van der Waals surface area contributed by atoms with Gasteiger partial charge in [0, 0.05) is 17.0 Å². The summed E-state index contributed by atoms with van der Waals surface area (Å²) in [4.78, 5) is 27.8. The van der Waals surface area contributed by atoms with Crippen LogP contribution in [0, 0.1) is 11.6 Å². The third-order valence-corrected chi connectivity index (χ3v) is 4.25. The summed E-state index contributed by atoms with van der Waals surface area (Å²) in [7, 11) is 0. The summed E-state index contributed by atoms with van der Waals surface area (Å²) in [6, 6.07) is 11.5. The first-order valence-corrected chi connectivity index (χ1v) is 8.99. The molecule has 0 saturated carbocycles. The molecule has 1 aromatic heterocycles. The Bertz CT molecular complexity index is 1020. The Labute approximate surface area is 163 Å². The Morgan fingerprint density at radius 1 is 1.11 bits per heavy atom. The molecule has 1 heterocycles. The zero-order chi connectivity index (χ0) is 19.9. The van der Waals surface area contributed by atoms with Gasteiger partial charge in [0.15, 0.2) is 11.7 Å². The summed E-state index contributed by atoms with van der Waals surface area (Å²) in [5.41, 5.74) is 1.81. The number of nitrogens with zero attached hydrogens (tertiary/aromatic N) is 1. The molecule has 0 atom stereocenters. The van der Waals surface area contributed by atoms with E-state index in [1.807, 2.05) is 0 Å². The highest BCUT2D eigenvalue weighted by atomic mass is 32.1. The fraction of sp³-hybridized carbons (Fsp3) is 0.0500. The van der Waals surface area contributed by atoms with E-state index in [-0.39, 0.29) is 5.82 Å². The summed E-state index contributed by atoms with van der Waals surface area (Å²) in [5.74, 6) is -2.04. The number of hydrogen-bond acceptors (Lipinski definition) is 5. The Morgan fingerprint density at radius 3 is 2.64 bits per heavy atom. The zero-order valence-electron chi connectivity index (χ0n) is 14.4. The number of hydrogen-bond donors (Lipinski definition) is 1. The Hall–Kier alpha value is -3.39. The van der Waals surface area contributed by atoms with E-state index in [1.54, 1.807) is 23.6 Å². The lowest BCUT2D eigenvalue weighted by atomic mass is 10.2. The Morgan fingerprint density at radius 2 is 1.89 bits per heavy atom. The van der Waals surface area contributed by atoms with Crippen LogP contribution in [0.15, 0.2) is 60.0 Å². The van der Waals surface area contributed by atoms with Crippen molar-refractivity contribution in [3.05, 3.63) is 77.2 Å². The van der Waals surface area contributed by atoms with Crippen molar-refractivity contribution < 1.29 is 23.1 Å². The van der Waals surface area contributed by atoms with E-state index in [1.165, 1.54) is 47.7 Å². The second kappa shape index (κ2) is 9.01. The Kier molecular flexibility index (Phi) is 6.23. The van der Waals surface area contributed by atoms with Crippen LogP contribution in [0.1, 0.15) is 5.56 Å². The SMILES string of the molecule is O=C(COC(=O)/C=C/c1cccc(F)c1)Nc1nc(-c2ccc(F)cc2)cs1. The summed E-state index contributed by atoms with van der Waals surface area (Å²) in [5, 5.41) is 4.57. The van der Waals surface area contributed by atoms with Crippen LogP contribution in [0.2, 0.25) is 0 Å². The highest BCUT2D eigenvalue weighted by Gasteiger charge is 2.10. The molecule has 0 spiro atoms. The van der Waals surface area contributed by atoms with E-state index in [0.717, 1.165) is 6.08 Å². The second-order valence-corrected chi connectivity index (χ2v) is 6.45. The van der Waals surface area contributed by atoms with Crippen molar-refractivity contribution in [2.75, 3.05) is 11.9 Å². The van der Waals surface area contributed by atoms with E-state index in [9.17, 15) is 18.4 Å².